The maximum atomic E-state index is 12.4. The average molecular weight is 242 g/mol. The van der Waals surface area contributed by atoms with Crippen molar-refractivity contribution in [2.24, 2.45) is 35.5 Å². The second kappa shape index (κ2) is 4.39. The molecule has 3 heteroatoms. The summed E-state index contributed by atoms with van der Waals surface area (Å²) < 4.78 is 0. The Morgan fingerprint density at radius 2 is 1.50 bits per heavy atom. The SMILES string of the molecule is N#CC(C#N)CC(=O)C1C2CC3CC(C2)CC1C3. The molecule has 0 saturated heterocycles. The minimum atomic E-state index is -0.741. The van der Waals surface area contributed by atoms with Gasteiger partial charge in [0, 0.05) is 12.3 Å². The molecule has 0 atom stereocenters. The fraction of sp³-hybridized carbons (Fsp3) is 0.800. The van der Waals surface area contributed by atoms with Crippen LogP contribution in [0.2, 0.25) is 0 Å². The van der Waals surface area contributed by atoms with Gasteiger partial charge in [0.15, 0.2) is 0 Å². The predicted octanol–water partition coefficient (Wildman–Crippen LogP) is 2.68. The van der Waals surface area contributed by atoms with Crippen LogP contribution in [-0.4, -0.2) is 5.78 Å². The third-order valence-corrected chi connectivity index (χ3v) is 5.32. The van der Waals surface area contributed by atoms with Crippen molar-refractivity contribution in [3.05, 3.63) is 0 Å². The van der Waals surface area contributed by atoms with Crippen molar-refractivity contribution >= 4 is 5.78 Å². The van der Waals surface area contributed by atoms with E-state index in [1.54, 1.807) is 0 Å². The molecule has 4 rings (SSSR count). The van der Waals surface area contributed by atoms with Crippen LogP contribution >= 0.6 is 0 Å². The largest absolute Gasteiger partial charge is 0.299 e. The second-order valence-electron chi connectivity index (χ2n) is 6.44. The standard InChI is InChI=1S/C15H18N2O/c16-7-11(8-17)6-14(18)15-12-2-9-1-10(4-12)5-13(15)3-9/h9-13,15H,1-6H2. The summed E-state index contributed by atoms with van der Waals surface area (Å²) in [5, 5.41) is 17.6. The highest BCUT2D eigenvalue weighted by atomic mass is 16.1. The normalized spacial score (nSPS) is 40.5. The van der Waals surface area contributed by atoms with Gasteiger partial charge in [-0.1, -0.05) is 0 Å². The van der Waals surface area contributed by atoms with Crippen molar-refractivity contribution in [1.82, 2.24) is 0 Å². The molecule has 4 aliphatic carbocycles. The van der Waals surface area contributed by atoms with Crippen LogP contribution in [-0.2, 0) is 4.79 Å². The van der Waals surface area contributed by atoms with Gasteiger partial charge in [0.2, 0.25) is 0 Å². The summed E-state index contributed by atoms with van der Waals surface area (Å²) in [5.41, 5.74) is 0. The molecule has 0 radical (unpaired) electrons. The summed E-state index contributed by atoms with van der Waals surface area (Å²) in [5.74, 6) is 2.46. The molecule has 0 spiro atoms. The number of nitrogens with zero attached hydrogens (tertiary/aromatic N) is 2. The Bertz CT molecular complexity index is 400. The van der Waals surface area contributed by atoms with Gasteiger partial charge in [0.25, 0.3) is 0 Å². The van der Waals surface area contributed by atoms with Crippen molar-refractivity contribution in [3.8, 4) is 12.1 Å². The molecule has 4 fully saturated rings. The molecule has 4 saturated carbocycles. The number of rotatable bonds is 3. The first kappa shape index (κ1) is 11.7. The molecule has 4 aliphatic rings. The minimum Gasteiger partial charge on any atom is -0.299 e. The molecular formula is C15H18N2O. The zero-order valence-corrected chi connectivity index (χ0v) is 10.5. The Morgan fingerprint density at radius 3 is 1.94 bits per heavy atom. The van der Waals surface area contributed by atoms with Crippen LogP contribution in [0.15, 0.2) is 0 Å². The van der Waals surface area contributed by atoms with Crippen molar-refractivity contribution in [1.29, 1.82) is 10.5 Å². The first-order chi connectivity index (χ1) is 8.71. The van der Waals surface area contributed by atoms with Gasteiger partial charge in [-0.05, 0) is 55.8 Å². The topological polar surface area (TPSA) is 64.7 Å². The number of hydrogen-bond acceptors (Lipinski definition) is 3. The van der Waals surface area contributed by atoms with E-state index in [4.69, 9.17) is 10.5 Å². The number of carbonyl (C=O) groups excluding carboxylic acids is 1. The molecule has 0 heterocycles. The predicted molar refractivity (Wildman–Crippen MR) is 64.9 cm³/mol. The van der Waals surface area contributed by atoms with E-state index in [1.807, 2.05) is 12.1 Å². The molecule has 0 N–H and O–H groups in total. The van der Waals surface area contributed by atoms with E-state index in [1.165, 1.54) is 32.1 Å². The monoisotopic (exact) mass is 242 g/mol. The third kappa shape index (κ3) is 1.83. The van der Waals surface area contributed by atoms with Crippen molar-refractivity contribution in [2.75, 3.05) is 0 Å². The van der Waals surface area contributed by atoms with Gasteiger partial charge >= 0.3 is 0 Å². The summed E-state index contributed by atoms with van der Waals surface area (Å²) in [6.07, 6.45) is 6.40. The number of carbonyl (C=O) groups is 1. The molecule has 0 amide bonds. The summed E-state index contributed by atoms with van der Waals surface area (Å²) in [6.45, 7) is 0. The Kier molecular flexibility index (Phi) is 2.86. The zero-order valence-electron chi connectivity index (χ0n) is 10.5. The molecule has 0 aliphatic heterocycles. The molecule has 0 unspecified atom stereocenters. The first-order valence-electron chi connectivity index (χ1n) is 7.03. The van der Waals surface area contributed by atoms with E-state index in [9.17, 15) is 4.79 Å². The Labute approximate surface area is 108 Å². The van der Waals surface area contributed by atoms with E-state index in [2.05, 4.69) is 0 Å². The van der Waals surface area contributed by atoms with E-state index >= 15 is 0 Å². The highest BCUT2D eigenvalue weighted by Gasteiger charge is 2.50. The van der Waals surface area contributed by atoms with Gasteiger partial charge in [0.05, 0.1) is 12.1 Å². The Morgan fingerprint density at radius 1 is 1.00 bits per heavy atom. The van der Waals surface area contributed by atoms with Gasteiger partial charge in [-0.3, -0.25) is 4.79 Å². The maximum absolute atomic E-state index is 12.4. The van der Waals surface area contributed by atoms with Crippen LogP contribution in [0.5, 0.6) is 0 Å². The lowest BCUT2D eigenvalue weighted by molar-refractivity contribution is -0.136. The quantitative estimate of drug-likeness (QED) is 0.764. The molecule has 4 bridgehead atoms. The minimum absolute atomic E-state index is 0.153. The van der Waals surface area contributed by atoms with Crippen molar-refractivity contribution in [3.63, 3.8) is 0 Å². The van der Waals surface area contributed by atoms with E-state index in [0.717, 1.165) is 11.8 Å². The van der Waals surface area contributed by atoms with Crippen molar-refractivity contribution < 1.29 is 4.79 Å². The Balaban J connectivity index is 1.72. The zero-order chi connectivity index (χ0) is 12.7. The molecule has 0 aromatic rings. The van der Waals surface area contributed by atoms with Crippen LogP contribution in [0.1, 0.15) is 38.5 Å². The van der Waals surface area contributed by atoms with Crippen LogP contribution in [0, 0.1) is 58.2 Å². The molecule has 3 nitrogen and oxygen atoms in total. The van der Waals surface area contributed by atoms with Gasteiger partial charge in [-0.15, -0.1) is 0 Å². The fourth-order valence-corrected chi connectivity index (χ4v) is 4.91. The lowest BCUT2D eigenvalue weighted by Crippen LogP contribution is -2.48. The van der Waals surface area contributed by atoms with E-state index < -0.39 is 5.92 Å². The van der Waals surface area contributed by atoms with Gasteiger partial charge in [0.1, 0.15) is 11.7 Å². The first-order valence-corrected chi connectivity index (χ1v) is 7.03. The lowest BCUT2D eigenvalue weighted by Gasteiger charge is -2.53. The van der Waals surface area contributed by atoms with Crippen LogP contribution in [0.25, 0.3) is 0 Å². The smallest absolute Gasteiger partial charge is 0.140 e. The summed E-state index contributed by atoms with van der Waals surface area (Å²) >= 11 is 0. The van der Waals surface area contributed by atoms with Crippen molar-refractivity contribution in [2.45, 2.75) is 38.5 Å². The molecule has 0 aromatic carbocycles. The molecular weight excluding hydrogens is 224 g/mol. The van der Waals surface area contributed by atoms with E-state index in [0.29, 0.717) is 11.8 Å². The number of Topliss-reactive ketones (excluding diaryl/α,β-unsaturated/α-hetero) is 1. The van der Waals surface area contributed by atoms with Gasteiger partial charge < -0.3 is 0 Å². The van der Waals surface area contributed by atoms with Crippen LogP contribution in [0.4, 0.5) is 0 Å². The molecule has 18 heavy (non-hydrogen) atoms. The molecule has 94 valence electrons. The number of hydrogen-bond donors (Lipinski definition) is 0. The Hall–Kier alpha value is -1.35. The fourth-order valence-electron chi connectivity index (χ4n) is 4.91. The second-order valence-corrected chi connectivity index (χ2v) is 6.44. The number of nitriles is 2. The van der Waals surface area contributed by atoms with Gasteiger partial charge in [-0.25, -0.2) is 0 Å². The number of ketones is 1. The summed E-state index contributed by atoms with van der Waals surface area (Å²) in [4.78, 5) is 12.4. The third-order valence-electron chi connectivity index (χ3n) is 5.32. The highest BCUT2D eigenvalue weighted by molar-refractivity contribution is 5.82. The maximum Gasteiger partial charge on any atom is 0.140 e. The lowest BCUT2D eigenvalue weighted by atomic mass is 9.51. The van der Waals surface area contributed by atoms with Gasteiger partial charge in [-0.2, -0.15) is 10.5 Å². The van der Waals surface area contributed by atoms with E-state index in [-0.39, 0.29) is 18.1 Å². The average Bonchev–Trinajstić information content (AvgIpc) is 2.34. The van der Waals surface area contributed by atoms with Crippen LogP contribution in [0.3, 0.4) is 0 Å². The summed E-state index contributed by atoms with van der Waals surface area (Å²) in [7, 11) is 0. The summed E-state index contributed by atoms with van der Waals surface area (Å²) in [6, 6.07) is 3.85. The van der Waals surface area contributed by atoms with Crippen LogP contribution < -0.4 is 0 Å². The highest BCUT2D eigenvalue weighted by Crippen LogP contribution is 2.56. The molecule has 0 aromatic heterocycles.